The molecule has 118 valence electrons. The second kappa shape index (κ2) is 6.73. The number of hydrogen-bond donors (Lipinski definition) is 2. The van der Waals surface area contributed by atoms with Gasteiger partial charge in [0.1, 0.15) is 11.8 Å². The number of hydrogen-bond acceptors (Lipinski definition) is 3. The third kappa shape index (κ3) is 3.93. The van der Waals surface area contributed by atoms with Gasteiger partial charge in [-0.25, -0.2) is 4.79 Å². The van der Waals surface area contributed by atoms with Crippen molar-refractivity contribution < 1.29 is 19.5 Å². The van der Waals surface area contributed by atoms with Crippen molar-refractivity contribution in [3.05, 3.63) is 34.9 Å². The first-order valence-electron chi connectivity index (χ1n) is 7.50. The summed E-state index contributed by atoms with van der Waals surface area (Å²) in [4.78, 5) is 35.3. The maximum absolute atomic E-state index is 12.3. The summed E-state index contributed by atoms with van der Waals surface area (Å²) in [5.74, 6) is -1.74. The van der Waals surface area contributed by atoms with Crippen LogP contribution < -0.4 is 5.32 Å². The van der Waals surface area contributed by atoms with Gasteiger partial charge >= 0.3 is 5.97 Å². The molecular formula is C17H21NO4. The second-order valence-corrected chi connectivity index (χ2v) is 6.06. The molecule has 1 aromatic rings. The third-order valence-electron chi connectivity index (χ3n) is 4.03. The predicted molar refractivity (Wildman–Crippen MR) is 81.8 cm³/mol. The standard InChI is InChI=1S/C17H21NO4/c1-10-6-11(2)8-13(7-10)16(20)18-15(17(21)22)12-4-3-5-14(19)9-12/h6-8,12,15H,3-5,9H2,1-2H3,(H,18,20)(H,21,22)/t12-,15+/m1/s1. The molecule has 0 spiro atoms. The summed E-state index contributed by atoms with van der Waals surface area (Å²) in [7, 11) is 0. The van der Waals surface area contributed by atoms with Gasteiger partial charge in [0.25, 0.3) is 5.91 Å². The molecule has 0 bridgehead atoms. The Bertz CT molecular complexity index is 588. The van der Waals surface area contributed by atoms with Gasteiger partial charge in [-0.3, -0.25) is 9.59 Å². The quantitative estimate of drug-likeness (QED) is 0.893. The number of Topliss-reactive ketones (excluding diaryl/α,β-unsaturated/α-hetero) is 1. The van der Waals surface area contributed by atoms with Gasteiger partial charge in [-0.05, 0) is 44.7 Å². The Morgan fingerprint density at radius 1 is 1.23 bits per heavy atom. The zero-order chi connectivity index (χ0) is 16.3. The Morgan fingerprint density at radius 2 is 1.86 bits per heavy atom. The van der Waals surface area contributed by atoms with Crippen LogP contribution in [0.5, 0.6) is 0 Å². The normalized spacial score (nSPS) is 19.5. The van der Waals surface area contributed by atoms with Crippen molar-refractivity contribution in [2.75, 3.05) is 0 Å². The van der Waals surface area contributed by atoms with Crippen molar-refractivity contribution >= 4 is 17.7 Å². The van der Waals surface area contributed by atoms with Gasteiger partial charge in [-0.15, -0.1) is 0 Å². The molecule has 0 aliphatic heterocycles. The van der Waals surface area contributed by atoms with Gasteiger partial charge in [0, 0.05) is 18.4 Å². The highest BCUT2D eigenvalue weighted by Crippen LogP contribution is 2.25. The topological polar surface area (TPSA) is 83.5 Å². The van der Waals surface area contributed by atoms with Crippen molar-refractivity contribution in [1.29, 1.82) is 0 Å². The van der Waals surface area contributed by atoms with E-state index in [9.17, 15) is 19.5 Å². The van der Waals surface area contributed by atoms with Crippen molar-refractivity contribution in [3.8, 4) is 0 Å². The van der Waals surface area contributed by atoms with Crippen LogP contribution in [0.15, 0.2) is 18.2 Å². The molecule has 1 saturated carbocycles. The van der Waals surface area contributed by atoms with Crippen LogP contribution in [0.3, 0.4) is 0 Å². The molecule has 22 heavy (non-hydrogen) atoms. The molecule has 5 nitrogen and oxygen atoms in total. The SMILES string of the molecule is Cc1cc(C)cc(C(=O)N[C@H](C(=O)O)[C@@H]2CCCC(=O)C2)c1. The van der Waals surface area contributed by atoms with Crippen LogP contribution in [-0.2, 0) is 9.59 Å². The molecule has 1 fully saturated rings. The van der Waals surface area contributed by atoms with Crippen LogP contribution in [0, 0.1) is 19.8 Å². The number of carboxylic acid groups (broad SMARTS) is 1. The minimum Gasteiger partial charge on any atom is -0.480 e. The Kier molecular flexibility index (Phi) is 4.96. The Balaban J connectivity index is 2.15. The number of aliphatic carboxylic acids is 1. The molecule has 2 N–H and O–H groups in total. The number of carboxylic acids is 1. The minimum atomic E-state index is -1.09. The number of amides is 1. The zero-order valence-corrected chi connectivity index (χ0v) is 12.9. The summed E-state index contributed by atoms with van der Waals surface area (Å²) in [6.07, 6.45) is 2.07. The molecule has 1 aliphatic rings. The van der Waals surface area contributed by atoms with Gasteiger partial charge in [-0.2, -0.15) is 0 Å². The number of rotatable bonds is 4. The lowest BCUT2D eigenvalue weighted by Gasteiger charge is -2.27. The Labute approximate surface area is 129 Å². The van der Waals surface area contributed by atoms with E-state index in [4.69, 9.17) is 0 Å². The monoisotopic (exact) mass is 303 g/mol. The van der Waals surface area contributed by atoms with E-state index in [0.29, 0.717) is 24.8 Å². The van der Waals surface area contributed by atoms with E-state index in [1.807, 2.05) is 19.9 Å². The van der Waals surface area contributed by atoms with Crippen molar-refractivity contribution in [2.45, 2.75) is 45.6 Å². The van der Waals surface area contributed by atoms with Crippen molar-refractivity contribution in [3.63, 3.8) is 0 Å². The van der Waals surface area contributed by atoms with Gasteiger partial charge in [-0.1, -0.05) is 17.2 Å². The molecule has 0 heterocycles. The first-order chi connectivity index (χ1) is 10.4. The maximum Gasteiger partial charge on any atom is 0.326 e. The molecule has 0 saturated heterocycles. The molecule has 0 radical (unpaired) electrons. The van der Waals surface area contributed by atoms with E-state index in [1.54, 1.807) is 12.1 Å². The lowest BCUT2D eigenvalue weighted by atomic mass is 9.83. The summed E-state index contributed by atoms with van der Waals surface area (Å²) < 4.78 is 0. The lowest BCUT2D eigenvalue weighted by molar-refractivity contribution is -0.141. The molecule has 1 aliphatic carbocycles. The molecule has 0 aromatic heterocycles. The van der Waals surface area contributed by atoms with E-state index in [2.05, 4.69) is 5.32 Å². The first kappa shape index (κ1) is 16.2. The fourth-order valence-electron chi connectivity index (χ4n) is 3.05. The average Bonchev–Trinajstić information content (AvgIpc) is 2.43. The summed E-state index contributed by atoms with van der Waals surface area (Å²) >= 11 is 0. The van der Waals surface area contributed by atoms with Crippen LogP contribution in [0.25, 0.3) is 0 Å². The van der Waals surface area contributed by atoms with Crippen LogP contribution in [-0.4, -0.2) is 28.8 Å². The largest absolute Gasteiger partial charge is 0.480 e. The fourth-order valence-corrected chi connectivity index (χ4v) is 3.05. The van der Waals surface area contributed by atoms with E-state index in [-0.39, 0.29) is 18.1 Å². The van der Waals surface area contributed by atoms with E-state index in [1.165, 1.54) is 0 Å². The van der Waals surface area contributed by atoms with Gasteiger partial charge in [0.2, 0.25) is 0 Å². The number of ketones is 1. The van der Waals surface area contributed by atoms with Crippen LogP contribution in [0.1, 0.15) is 47.2 Å². The number of carbonyl (C=O) groups excluding carboxylic acids is 2. The minimum absolute atomic E-state index is 0.0724. The summed E-state index contributed by atoms with van der Waals surface area (Å²) in [6.45, 7) is 3.77. The number of nitrogens with one attached hydrogen (secondary N) is 1. The lowest BCUT2D eigenvalue weighted by Crippen LogP contribution is -2.47. The van der Waals surface area contributed by atoms with Crippen LogP contribution >= 0.6 is 0 Å². The van der Waals surface area contributed by atoms with Gasteiger partial charge in [0.05, 0.1) is 0 Å². The highest BCUT2D eigenvalue weighted by atomic mass is 16.4. The molecule has 2 atom stereocenters. The Morgan fingerprint density at radius 3 is 2.41 bits per heavy atom. The van der Waals surface area contributed by atoms with Crippen LogP contribution in [0.2, 0.25) is 0 Å². The van der Waals surface area contributed by atoms with Gasteiger partial charge in [0.15, 0.2) is 0 Å². The molecular weight excluding hydrogens is 282 g/mol. The number of aryl methyl sites for hydroxylation is 2. The summed E-state index contributed by atoms with van der Waals surface area (Å²) in [5.41, 5.74) is 2.35. The van der Waals surface area contributed by atoms with Crippen molar-refractivity contribution in [1.82, 2.24) is 5.32 Å². The molecule has 1 amide bonds. The van der Waals surface area contributed by atoms with Crippen molar-refractivity contribution in [2.24, 2.45) is 5.92 Å². The number of carbonyl (C=O) groups is 3. The third-order valence-corrected chi connectivity index (χ3v) is 4.03. The smallest absolute Gasteiger partial charge is 0.326 e. The summed E-state index contributed by atoms with van der Waals surface area (Å²) in [6, 6.07) is 4.39. The zero-order valence-electron chi connectivity index (χ0n) is 12.9. The van der Waals surface area contributed by atoms with Gasteiger partial charge < -0.3 is 10.4 Å². The van der Waals surface area contributed by atoms with Crippen LogP contribution in [0.4, 0.5) is 0 Å². The van der Waals surface area contributed by atoms with E-state index < -0.39 is 17.9 Å². The molecule has 2 rings (SSSR count). The molecule has 1 aromatic carbocycles. The highest BCUT2D eigenvalue weighted by Gasteiger charge is 2.33. The van der Waals surface area contributed by atoms with E-state index >= 15 is 0 Å². The molecule has 5 heteroatoms. The predicted octanol–water partition coefficient (Wildman–Crippen LogP) is 2.25. The fraction of sp³-hybridized carbons (Fsp3) is 0.471. The summed E-state index contributed by atoms with van der Waals surface area (Å²) in [5, 5.41) is 12.0. The maximum atomic E-state index is 12.3. The average molecular weight is 303 g/mol. The molecule has 0 unspecified atom stereocenters. The first-order valence-corrected chi connectivity index (χ1v) is 7.50. The van der Waals surface area contributed by atoms with E-state index in [0.717, 1.165) is 11.1 Å². The second-order valence-electron chi connectivity index (χ2n) is 6.06. The highest BCUT2D eigenvalue weighted by molar-refractivity contribution is 5.97. The Hall–Kier alpha value is -2.17. The number of benzene rings is 1.